The Morgan fingerprint density at radius 1 is 1.14 bits per heavy atom. The average Bonchev–Trinajstić information content (AvgIpc) is 3.26. The maximum atomic E-state index is 5.51. The highest BCUT2D eigenvalue weighted by Gasteiger charge is 2.30. The van der Waals surface area contributed by atoms with Crippen LogP contribution >= 0.6 is 0 Å². The van der Waals surface area contributed by atoms with Gasteiger partial charge in [0.2, 0.25) is 0 Å². The molecular formula is C23H37N5O. The van der Waals surface area contributed by atoms with E-state index in [4.69, 9.17) is 9.73 Å². The Morgan fingerprint density at radius 2 is 1.97 bits per heavy atom. The molecule has 0 radical (unpaired) electrons. The van der Waals surface area contributed by atoms with Crippen molar-refractivity contribution in [1.29, 1.82) is 0 Å². The van der Waals surface area contributed by atoms with Gasteiger partial charge in [0.15, 0.2) is 5.96 Å². The molecule has 1 aromatic rings. The van der Waals surface area contributed by atoms with E-state index in [0.717, 1.165) is 78.0 Å². The smallest absolute Gasteiger partial charge is 0.193 e. The molecule has 29 heavy (non-hydrogen) atoms. The lowest BCUT2D eigenvalue weighted by atomic mass is 10.00. The molecule has 3 heterocycles. The third-order valence-electron chi connectivity index (χ3n) is 6.46. The third kappa shape index (κ3) is 5.50. The molecular weight excluding hydrogens is 362 g/mol. The van der Waals surface area contributed by atoms with Gasteiger partial charge in [0, 0.05) is 64.9 Å². The SMILES string of the molecule is CCNC(=NCCCN1CCc2ccccc2C1)N1CCC(N2CCOCC2)C1. The van der Waals surface area contributed by atoms with Crippen LogP contribution in [0.5, 0.6) is 0 Å². The molecule has 0 spiro atoms. The number of likely N-dealkylation sites (tertiary alicyclic amines) is 1. The van der Waals surface area contributed by atoms with Gasteiger partial charge >= 0.3 is 0 Å². The van der Waals surface area contributed by atoms with Gasteiger partial charge in [0.25, 0.3) is 0 Å². The van der Waals surface area contributed by atoms with Crippen molar-refractivity contribution in [3.63, 3.8) is 0 Å². The molecule has 1 N–H and O–H groups in total. The number of benzene rings is 1. The number of aliphatic imine (C=N–C) groups is 1. The van der Waals surface area contributed by atoms with E-state index in [1.165, 1.54) is 30.5 Å². The monoisotopic (exact) mass is 399 g/mol. The number of hydrogen-bond donors (Lipinski definition) is 1. The van der Waals surface area contributed by atoms with Crippen LogP contribution in [0, 0.1) is 0 Å². The first-order valence-corrected chi connectivity index (χ1v) is 11.5. The lowest BCUT2D eigenvalue weighted by molar-refractivity contribution is 0.0195. The zero-order valence-electron chi connectivity index (χ0n) is 18.0. The molecule has 3 aliphatic heterocycles. The summed E-state index contributed by atoms with van der Waals surface area (Å²) in [4.78, 5) is 12.6. The molecule has 0 aliphatic carbocycles. The van der Waals surface area contributed by atoms with Crippen molar-refractivity contribution in [2.24, 2.45) is 4.99 Å². The fourth-order valence-corrected chi connectivity index (χ4v) is 4.82. The zero-order chi connectivity index (χ0) is 19.9. The minimum Gasteiger partial charge on any atom is -0.379 e. The summed E-state index contributed by atoms with van der Waals surface area (Å²) >= 11 is 0. The van der Waals surface area contributed by atoms with Crippen LogP contribution in [0.1, 0.15) is 30.9 Å². The first kappa shape index (κ1) is 20.6. The van der Waals surface area contributed by atoms with Gasteiger partial charge in [-0.2, -0.15) is 0 Å². The molecule has 1 aromatic carbocycles. The molecule has 0 amide bonds. The highest BCUT2D eigenvalue weighted by Crippen LogP contribution is 2.19. The summed E-state index contributed by atoms with van der Waals surface area (Å²) in [5.74, 6) is 1.10. The van der Waals surface area contributed by atoms with E-state index in [0.29, 0.717) is 6.04 Å². The van der Waals surface area contributed by atoms with E-state index in [1.807, 2.05) is 0 Å². The van der Waals surface area contributed by atoms with Gasteiger partial charge in [-0.25, -0.2) is 0 Å². The number of nitrogens with zero attached hydrogens (tertiary/aromatic N) is 4. The Morgan fingerprint density at radius 3 is 2.79 bits per heavy atom. The predicted molar refractivity (Wildman–Crippen MR) is 118 cm³/mol. The number of morpholine rings is 1. The van der Waals surface area contributed by atoms with Crippen molar-refractivity contribution >= 4 is 5.96 Å². The molecule has 4 rings (SSSR count). The summed E-state index contributed by atoms with van der Waals surface area (Å²) in [6.07, 6.45) is 3.54. The minimum absolute atomic E-state index is 0.649. The summed E-state index contributed by atoms with van der Waals surface area (Å²) in [5, 5.41) is 3.52. The largest absolute Gasteiger partial charge is 0.379 e. The summed E-state index contributed by atoms with van der Waals surface area (Å²) in [7, 11) is 0. The molecule has 2 saturated heterocycles. The summed E-state index contributed by atoms with van der Waals surface area (Å²) in [5.41, 5.74) is 3.03. The molecule has 1 unspecified atom stereocenters. The zero-order valence-corrected chi connectivity index (χ0v) is 18.0. The fourth-order valence-electron chi connectivity index (χ4n) is 4.82. The van der Waals surface area contributed by atoms with Crippen LogP contribution in [0.2, 0.25) is 0 Å². The Bertz CT molecular complexity index is 673. The molecule has 1 atom stereocenters. The average molecular weight is 400 g/mol. The minimum atomic E-state index is 0.649. The second-order valence-corrected chi connectivity index (χ2v) is 8.42. The van der Waals surface area contributed by atoms with Crippen LogP contribution in [-0.4, -0.2) is 92.3 Å². The molecule has 0 bridgehead atoms. The third-order valence-corrected chi connectivity index (χ3v) is 6.46. The Kier molecular flexibility index (Phi) is 7.41. The number of fused-ring (bicyclic) bond motifs is 1. The van der Waals surface area contributed by atoms with Gasteiger partial charge < -0.3 is 15.0 Å². The van der Waals surface area contributed by atoms with Crippen LogP contribution in [-0.2, 0) is 17.7 Å². The maximum Gasteiger partial charge on any atom is 0.193 e. The van der Waals surface area contributed by atoms with Gasteiger partial charge in [-0.3, -0.25) is 14.8 Å². The lowest BCUT2D eigenvalue weighted by Gasteiger charge is -2.32. The molecule has 6 nitrogen and oxygen atoms in total. The molecule has 6 heteroatoms. The van der Waals surface area contributed by atoms with E-state index in [2.05, 4.69) is 51.2 Å². The van der Waals surface area contributed by atoms with Crippen molar-refractivity contribution in [3.05, 3.63) is 35.4 Å². The quantitative estimate of drug-likeness (QED) is 0.449. The van der Waals surface area contributed by atoms with Gasteiger partial charge in [-0.1, -0.05) is 24.3 Å². The van der Waals surface area contributed by atoms with E-state index < -0.39 is 0 Å². The van der Waals surface area contributed by atoms with E-state index in [9.17, 15) is 0 Å². The van der Waals surface area contributed by atoms with Crippen molar-refractivity contribution in [2.45, 2.75) is 38.8 Å². The summed E-state index contributed by atoms with van der Waals surface area (Å²) < 4.78 is 5.51. The second-order valence-electron chi connectivity index (χ2n) is 8.42. The van der Waals surface area contributed by atoms with Crippen molar-refractivity contribution < 1.29 is 4.74 Å². The fraction of sp³-hybridized carbons (Fsp3) is 0.696. The van der Waals surface area contributed by atoms with Crippen LogP contribution in [0.25, 0.3) is 0 Å². The standard InChI is InChI=1S/C23H37N5O/c1-2-24-23(28-13-9-22(19-28)27-14-16-29-17-15-27)25-10-5-11-26-12-8-20-6-3-4-7-21(20)18-26/h3-4,6-7,22H,2,5,8-19H2,1H3,(H,24,25). The van der Waals surface area contributed by atoms with E-state index in [-0.39, 0.29) is 0 Å². The van der Waals surface area contributed by atoms with E-state index >= 15 is 0 Å². The Hall–Kier alpha value is -1.63. The first-order chi connectivity index (χ1) is 14.3. The molecule has 160 valence electrons. The first-order valence-electron chi connectivity index (χ1n) is 11.5. The van der Waals surface area contributed by atoms with Gasteiger partial charge in [-0.15, -0.1) is 0 Å². The van der Waals surface area contributed by atoms with Crippen LogP contribution in [0.15, 0.2) is 29.3 Å². The van der Waals surface area contributed by atoms with Crippen LogP contribution in [0.4, 0.5) is 0 Å². The van der Waals surface area contributed by atoms with Crippen molar-refractivity contribution in [2.75, 3.05) is 65.6 Å². The van der Waals surface area contributed by atoms with Gasteiger partial charge in [0.05, 0.1) is 13.2 Å². The number of guanidine groups is 1. The van der Waals surface area contributed by atoms with Crippen LogP contribution < -0.4 is 5.32 Å². The van der Waals surface area contributed by atoms with Crippen molar-refractivity contribution in [3.8, 4) is 0 Å². The highest BCUT2D eigenvalue weighted by atomic mass is 16.5. The topological polar surface area (TPSA) is 43.3 Å². The molecule has 0 saturated carbocycles. The predicted octanol–water partition coefficient (Wildman–Crippen LogP) is 1.81. The number of hydrogen-bond acceptors (Lipinski definition) is 4. The number of rotatable bonds is 6. The molecule has 0 aromatic heterocycles. The molecule has 3 aliphatic rings. The Labute approximate surface area is 175 Å². The van der Waals surface area contributed by atoms with Crippen molar-refractivity contribution in [1.82, 2.24) is 20.0 Å². The van der Waals surface area contributed by atoms with Gasteiger partial charge in [0.1, 0.15) is 0 Å². The van der Waals surface area contributed by atoms with Crippen LogP contribution in [0.3, 0.4) is 0 Å². The van der Waals surface area contributed by atoms with E-state index in [1.54, 1.807) is 0 Å². The lowest BCUT2D eigenvalue weighted by Crippen LogP contribution is -2.46. The Balaban J connectivity index is 1.24. The second kappa shape index (κ2) is 10.4. The summed E-state index contributed by atoms with van der Waals surface area (Å²) in [6.45, 7) is 13.5. The number of ether oxygens (including phenoxy) is 1. The summed E-state index contributed by atoms with van der Waals surface area (Å²) in [6, 6.07) is 9.53. The highest BCUT2D eigenvalue weighted by molar-refractivity contribution is 5.80. The normalized spacial score (nSPS) is 24.0. The molecule has 2 fully saturated rings. The maximum absolute atomic E-state index is 5.51. The van der Waals surface area contributed by atoms with Gasteiger partial charge in [-0.05, 0) is 37.3 Å². The number of nitrogens with one attached hydrogen (secondary N) is 1.